The largest absolute Gasteiger partial charge is 1.00 e. The minimum Gasteiger partial charge on any atom is -0.350 e. The third-order valence-corrected chi connectivity index (χ3v) is 4.16. The van der Waals surface area contributed by atoms with Crippen LogP contribution in [0.15, 0.2) is 36.5 Å². The van der Waals surface area contributed by atoms with E-state index in [9.17, 15) is 20.2 Å². The van der Waals surface area contributed by atoms with Gasteiger partial charge in [0.25, 0.3) is 0 Å². The molecule has 0 amide bonds. The maximum Gasteiger partial charge on any atom is 1.00 e. The third-order valence-electron chi connectivity index (χ3n) is 4.16. The number of hydrogen-bond acceptors (Lipinski definition) is 7. The standard InChI is InChI=1S/C14H10N7O4.Na/c1-18-7-9(8-4-2-3-5-10(8)18)13-11(20(22)23)6-12(21(24)25)14-15-16-17-19(13)14;/h2-7,13H,1H3;/q-1;+1. The molecule has 0 spiro atoms. The Morgan fingerprint density at radius 2 is 1.96 bits per heavy atom. The molecule has 1 aliphatic rings. The van der Waals surface area contributed by atoms with E-state index in [1.54, 1.807) is 6.20 Å². The molecule has 3 heterocycles. The number of aromatic nitrogens is 5. The number of tetrazole rings is 1. The van der Waals surface area contributed by atoms with Gasteiger partial charge in [0.05, 0.1) is 0 Å². The Hall–Kier alpha value is -2.76. The second-order valence-corrected chi connectivity index (χ2v) is 5.53. The summed E-state index contributed by atoms with van der Waals surface area (Å²) in [6, 6.07) is 6.07. The fourth-order valence-electron chi connectivity index (χ4n) is 3.11. The quantitative estimate of drug-likeness (QED) is 0.232. The van der Waals surface area contributed by atoms with Gasteiger partial charge in [-0.25, -0.2) is 4.68 Å². The van der Waals surface area contributed by atoms with Crippen LogP contribution in [0, 0.1) is 26.3 Å². The van der Waals surface area contributed by atoms with E-state index in [4.69, 9.17) is 0 Å². The van der Waals surface area contributed by atoms with Crippen LogP contribution in [-0.2, 0) is 7.05 Å². The van der Waals surface area contributed by atoms with Gasteiger partial charge >= 0.3 is 29.6 Å². The van der Waals surface area contributed by atoms with Crippen molar-refractivity contribution in [2.75, 3.05) is 0 Å². The minimum absolute atomic E-state index is 0. The van der Waals surface area contributed by atoms with Gasteiger partial charge in [-0.3, -0.25) is 20.2 Å². The Labute approximate surface area is 167 Å². The number of rotatable bonds is 3. The molecule has 1 aliphatic heterocycles. The predicted molar refractivity (Wildman–Crippen MR) is 84.1 cm³/mol. The Morgan fingerprint density at radius 3 is 2.65 bits per heavy atom. The maximum absolute atomic E-state index is 11.6. The summed E-state index contributed by atoms with van der Waals surface area (Å²) < 4.78 is 2.96. The summed E-state index contributed by atoms with van der Waals surface area (Å²) in [5, 5.41) is 34.5. The van der Waals surface area contributed by atoms with Crippen molar-refractivity contribution < 1.29 is 39.4 Å². The van der Waals surface area contributed by atoms with Crippen molar-refractivity contribution in [3.8, 4) is 0 Å². The van der Waals surface area contributed by atoms with Crippen molar-refractivity contribution >= 4 is 16.6 Å². The summed E-state index contributed by atoms with van der Waals surface area (Å²) in [7, 11) is 1.82. The summed E-state index contributed by atoms with van der Waals surface area (Å²) in [5.74, 6) is -0.117. The van der Waals surface area contributed by atoms with Gasteiger partial charge in [0, 0.05) is 24.1 Å². The van der Waals surface area contributed by atoms with Crippen molar-refractivity contribution in [1.82, 2.24) is 24.8 Å². The second kappa shape index (κ2) is 6.52. The minimum atomic E-state index is -0.963. The number of hydrogen-bond donors (Lipinski definition) is 0. The Morgan fingerprint density at radius 1 is 1.23 bits per heavy atom. The SMILES string of the molecule is Cn1cc(C2[C-]([N+](=O)[O-])C=C([N+](=O)[O-])c3nnnn32)c2ccccc21.[Na+]. The topological polar surface area (TPSA) is 135 Å². The number of nitrogens with zero attached hydrogens (tertiary/aromatic N) is 7. The van der Waals surface area contributed by atoms with E-state index in [1.807, 2.05) is 35.9 Å². The number of aryl methyl sites for hydroxylation is 1. The van der Waals surface area contributed by atoms with Gasteiger partial charge in [0.1, 0.15) is 12.1 Å². The fraction of sp³-hybridized carbons (Fsp3) is 0.143. The molecule has 0 bridgehead atoms. The molecule has 4 rings (SSSR count). The van der Waals surface area contributed by atoms with Crippen LogP contribution in [0.4, 0.5) is 0 Å². The predicted octanol–water partition coefficient (Wildman–Crippen LogP) is -1.80. The van der Waals surface area contributed by atoms with E-state index in [1.165, 1.54) is 0 Å². The summed E-state index contributed by atoms with van der Waals surface area (Å²) in [5.41, 5.74) is 0.962. The molecule has 0 radical (unpaired) electrons. The Balaban J connectivity index is 0.00000196. The van der Waals surface area contributed by atoms with Gasteiger partial charge in [-0.15, -0.1) is 5.10 Å². The molecule has 0 aliphatic carbocycles. The zero-order valence-corrected chi connectivity index (χ0v) is 15.8. The summed E-state index contributed by atoms with van der Waals surface area (Å²) >= 11 is 0. The first-order chi connectivity index (χ1) is 12.0. The van der Waals surface area contributed by atoms with E-state index >= 15 is 0 Å². The van der Waals surface area contributed by atoms with E-state index in [-0.39, 0.29) is 41.4 Å². The van der Waals surface area contributed by atoms with Crippen molar-refractivity contribution in [3.05, 3.63) is 74.2 Å². The number of para-hydroxylation sites is 1. The van der Waals surface area contributed by atoms with E-state index in [0.717, 1.165) is 21.7 Å². The van der Waals surface area contributed by atoms with E-state index in [2.05, 4.69) is 15.5 Å². The van der Waals surface area contributed by atoms with Gasteiger partial charge in [-0.05, 0) is 31.9 Å². The zero-order valence-electron chi connectivity index (χ0n) is 13.8. The van der Waals surface area contributed by atoms with Crippen molar-refractivity contribution in [2.45, 2.75) is 6.04 Å². The first kappa shape index (κ1) is 18.0. The summed E-state index contributed by atoms with van der Waals surface area (Å²) in [6.45, 7) is 0. The molecule has 11 nitrogen and oxygen atoms in total. The molecular formula is C14H10N7NaO4. The van der Waals surface area contributed by atoms with Crippen molar-refractivity contribution in [3.63, 3.8) is 0 Å². The van der Waals surface area contributed by atoms with Gasteiger partial charge in [-0.1, -0.05) is 24.3 Å². The smallest absolute Gasteiger partial charge is 0.350 e. The third kappa shape index (κ3) is 2.57. The molecule has 126 valence electrons. The fourth-order valence-corrected chi connectivity index (χ4v) is 3.11. The van der Waals surface area contributed by atoms with Crippen molar-refractivity contribution in [2.24, 2.45) is 7.05 Å². The number of benzene rings is 1. The molecule has 2 aromatic heterocycles. The summed E-state index contributed by atoms with van der Waals surface area (Å²) in [6.07, 6.45) is 2.67. The number of fused-ring (bicyclic) bond motifs is 2. The molecule has 1 atom stereocenters. The van der Waals surface area contributed by atoms with Crippen LogP contribution in [0.3, 0.4) is 0 Å². The summed E-state index contributed by atoms with van der Waals surface area (Å²) in [4.78, 5) is 21.5. The second-order valence-electron chi connectivity index (χ2n) is 5.53. The zero-order chi connectivity index (χ0) is 17.7. The molecule has 0 saturated carbocycles. The Bertz CT molecular complexity index is 1060. The Kier molecular flexibility index (Phi) is 4.52. The van der Waals surface area contributed by atoms with Crippen LogP contribution >= 0.6 is 0 Å². The van der Waals surface area contributed by atoms with Gasteiger partial charge in [0.15, 0.2) is 11.5 Å². The molecule has 1 aromatic carbocycles. The molecule has 12 heteroatoms. The van der Waals surface area contributed by atoms with E-state index in [0.29, 0.717) is 5.56 Å². The van der Waals surface area contributed by atoms with Gasteiger partial charge in [-0.2, -0.15) is 0 Å². The first-order valence-electron chi connectivity index (χ1n) is 7.18. The average Bonchev–Trinajstić information content (AvgIpc) is 3.18. The molecular weight excluding hydrogens is 353 g/mol. The maximum atomic E-state index is 11.6. The van der Waals surface area contributed by atoms with E-state index < -0.39 is 21.6 Å². The molecule has 0 saturated heterocycles. The monoisotopic (exact) mass is 363 g/mol. The van der Waals surface area contributed by atoms with Gasteiger partial charge in [0.2, 0.25) is 0 Å². The van der Waals surface area contributed by atoms with Crippen LogP contribution in [0.5, 0.6) is 0 Å². The van der Waals surface area contributed by atoms with Crippen LogP contribution in [0.1, 0.15) is 17.4 Å². The number of nitro groups is 2. The van der Waals surface area contributed by atoms with Crippen LogP contribution < -0.4 is 29.6 Å². The molecule has 0 fully saturated rings. The van der Waals surface area contributed by atoms with Gasteiger partial charge < -0.3 is 4.57 Å². The molecule has 1 unspecified atom stereocenters. The normalized spacial score (nSPS) is 16.0. The first-order valence-corrected chi connectivity index (χ1v) is 7.18. The molecule has 26 heavy (non-hydrogen) atoms. The molecule has 3 aromatic rings. The van der Waals surface area contributed by atoms with Crippen LogP contribution in [0.2, 0.25) is 0 Å². The van der Waals surface area contributed by atoms with Crippen LogP contribution in [-0.4, -0.2) is 34.6 Å². The van der Waals surface area contributed by atoms with Crippen molar-refractivity contribution in [1.29, 1.82) is 0 Å². The molecule has 0 N–H and O–H groups in total. The van der Waals surface area contributed by atoms with Crippen LogP contribution in [0.25, 0.3) is 16.6 Å². The average molecular weight is 363 g/mol.